The Kier molecular flexibility index (Phi) is 2.98. The Morgan fingerprint density at radius 1 is 1.50 bits per heavy atom. The summed E-state index contributed by atoms with van der Waals surface area (Å²) in [5.41, 5.74) is 0.658. The van der Waals surface area contributed by atoms with Gasteiger partial charge in [0.05, 0.1) is 10.7 Å². The van der Waals surface area contributed by atoms with Gasteiger partial charge in [0.15, 0.2) is 0 Å². The van der Waals surface area contributed by atoms with Gasteiger partial charge in [-0.1, -0.05) is 16.1 Å². The van der Waals surface area contributed by atoms with Crippen LogP contribution in [0, 0.1) is 12.7 Å². The number of hydrogen-bond donors (Lipinski definition) is 0. The van der Waals surface area contributed by atoms with Crippen molar-refractivity contribution in [3.05, 3.63) is 45.2 Å². The van der Waals surface area contributed by atoms with Crippen molar-refractivity contribution in [3.63, 3.8) is 0 Å². The van der Waals surface area contributed by atoms with Crippen molar-refractivity contribution in [2.45, 2.75) is 6.92 Å². The van der Waals surface area contributed by atoms with E-state index < -0.39 is 5.82 Å². The second-order valence-electron chi connectivity index (χ2n) is 3.14. The lowest BCUT2D eigenvalue weighted by Crippen LogP contribution is -2.02. The largest absolute Gasteiger partial charge is 0.288 e. The molecule has 16 heavy (non-hydrogen) atoms. The average Bonchev–Trinajstić information content (AvgIpc) is 2.67. The van der Waals surface area contributed by atoms with Gasteiger partial charge in [0, 0.05) is 5.56 Å². The van der Waals surface area contributed by atoms with Gasteiger partial charge in [-0.2, -0.15) is 0 Å². The molecule has 0 bridgehead atoms. The molecule has 0 saturated carbocycles. The van der Waals surface area contributed by atoms with Gasteiger partial charge in [0.1, 0.15) is 10.7 Å². The second-order valence-corrected chi connectivity index (χ2v) is 4.30. The van der Waals surface area contributed by atoms with Gasteiger partial charge in [-0.15, -0.1) is 5.10 Å². The van der Waals surface area contributed by atoms with Crippen molar-refractivity contribution in [1.29, 1.82) is 0 Å². The molecule has 2 rings (SSSR count). The molecule has 2 aromatic rings. The Bertz CT molecular complexity index is 556. The molecule has 82 valence electrons. The van der Waals surface area contributed by atoms with E-state index in [0.29, 0.717) is 10.6 Å². The number of benzene rings is 1. The van der Waals surface area contributed by atoms with Gasteiger partial charge >= 0.3 is 0 Å². The monoisotopic (exact) mass is 256 g/mol. The lowest BCUT2D eigenvalue weighted by molar-refractivity contribution is 0.104. The van der Waals surface area contributed by atoms with Crippen molar-refractivity contribution in [3.8, 4) is 0 Å². The van der Waals surface area contributed by atoms with Gasteiger partial charge in [0.25, 0.3) is 0 Å². The molecule has 0 atom stereocenters. The van der Waals surface area contributed by atoms with E-state index in [1.165, 1.54) is 12.1 Å². The minimum atomic E-state index is -0.497. The van der Waals surface area contributed by atoms with Crippen LogP contribution in [0.5, 0.6) is 0 Å². The van der Waals surface area contributed by atoms with Gasteiger partial charge in [-0.25, -0.2) is 4.39 Å². The van der Waals surface area contributed by atoms with E-state index in [-0.39, 0.29) is 16.4 Å². The first-order chi connectivity index (χ1) is 7.59. The Labute approximate surface area is 100 Å². The van der Waals surface area contributed by atoms with Crippen LogP contribution in [0.2, 0.25) is 5.02 Å². The molecular formula is C10H6ClFN2OS. The normalized spacial score (nSPS) is 10.4. The van der Waals surface area contributed by atoms with E-state index in [0.717, 1.165) is 17.6 Å². The second kappa shape index (κ2) is 4.27. The molecule has 0 saturated heterocycles. The van der Waals surface area contributed by atoms with Crippen LogP contribution >= 0.6 is 23.1 Å². The van der Waals surface area contributed by atoms with Crippen molar-refractivity contribution in [2.75, 3.05) is 0 Å². The van der Waals surface area contributed by atoms with E-state index in [9.17, 15) is 9.18 Å². The summed E-state index contributed by atoms with van der Waals surface area (Å²) in [5.74, 6) is -0.847. The summed E-state index contributed by atoms with van der Waals surface area (Å²) >= 11 is 6.81. The van der Waals surface area contributed by atoms with Gasteiger partial charge in [0.2, 0.25) is 5.78 Å². The summed E-state index contributed by atoms with van der Waals surface area (Å²) in [6.07, 6.45) is 0. The fourth-order valence-electron chi connectivity index (χ4n) is 1.23. The van der Waals surface area contributed by atoms with Crippen LogP contribution in [0.25, 0.3) is 0 Å². The van der Waals surface area contributed by atoms with E-state index in [1.54, 1.807) is 6.92 Å². The lowest BCUT2D eigenvalue weighted by Gasteiger charge is -2.01. The Morgan fingerprint density at radius 3 is 2.88 bits per heavy atom. The maximum atomic E-state index is 13.0. The molecule has 0 spiro atoms. The van der Waals surface area contributed by atoms with Crippen molar-refractivity contribution in [1.82, 2.24) is 9.59 Å². The fraction of sp³-hybridized carbons (Fsp3) is 0.100. The molecule has 6 heteroatoms. The molecule has 0 aliphatic heterocycles. The number of halogens is 2. The predicted molar refractivity (Wildman–Crippen MR) is 59.5 cm³/mol. The molecule has 0 aliphatic rings. The third kappa shape index (κ3) is 1.96. The zero-order valence-corrected chi connectivity index (χ0v) is 9.77. The SMILES string of the molecule is Cc1nnsc1C(=O)c1cc(F)ccc1Cl. The molecule has 0 amide bonds. The molecule has 1 aromatic heterocycles. The molecule has 0 aliphatic carbocycles. The average molecular weight is 257 g/mol. The number of hydrogen-bond acceptors (Lipinski definition) is 4. The Morgan fingerprint density at radius 2 is 2.25 bits per heavy atom. The number of ketones is 1. The number of carbonyl (C=O) groups excluding carboxylic acids is 1. The van der Waals surface area contributed by atoms with Crippen molar-refractivity contribution >= 4 is 28.9 Å². The molecule has 0 N–H and O–H groups in total. The maximum Gasteiger partial charge on any atom is 0.208 e. The van der Waals surface area contributed by atoms with Crippen molar-refractivity contribution in [2.24, 2.45) is 0 Å². The predicted octanol–water partition coefficient (Wildman–Crippen LogP) is 2.87. The zero-order valence-electron chi connectivity index (χ0n) is 8.20. The molecule has 1 aromatic carbocycles. The van der Waals surface area contributed by atoms with Gasteiger partial charge < -0.3 is 0 Å². The molecular weight excluding hydrogens is 251 g/mol. The Balaban J connectivity index is 2.49. The first-order valence-corrected chi connectivity index (χ1v) is 5.53. The standard InChI is InChI=1S/C10H6ClFN2OS/c1-5-10(16-14-13-5)9(15)7-4-6(12)2-3-8(7)11/h2-4H,1H3. The first kappa shape index (κ1) is 11.2. The minimum absolute atomic E-state index is 0.135. The van der Waals surface area contributed by atoms with E-state index in [1.807, 2.05) is 0 Å². The smallest absolute Gasteiger partial charge is 0.208 e. The van der Waals surface area contributed by atoms with Crippen LogP contribution in [0.1, 0.15) is 20.9 Å². The summed E-state index contributed by atoms with van der Waals surface area (Å²) in [6, 6.07) is 3.68. The summed E-state index contributed by atoms with van der Waals surface area (Å²) in [7, 11) is 0. The molecule has 3 nitrogen and oxygen atoms in total. The maximum absolute atomic E-state index is 13.0. The third-order valence-corrected chi connectivity index (χ3v) is 3.19. The number of carbonyl (C=O) groups is 1. The third-order valence-electron chi connectivity index (χ3n) is 2.03. The molecule has 1 heterocycles. The first-order valence-electron chi connectivity index (χ1n) is 4.38. The van der Waals surface area contributed by atoms with E-state index >= 15 is 0 Å². The van der Waals surface area contributed by atoms with E-state index in [4.69, 9.17) is 11.6 Å². The quantitative estimate of drug-likeness (QED) is 0.776. The highest BCUT2D eigenvalue weighted by molar-refractivity contribution is 7.08. The minimum Gasteiger partial charge on any atom is -0.288 e. The molecule has 0 fully saturated rings. The van der Waals surface area contributed by atoms with Gasteiger partial charge in [-0.05, 0) is 36.7 Å². The van der Waals surface area contributed by atoms with Crippen LogP contribution in [-0.2, 0) is 0 Å². The molecule has 0 unspecified atom stereocenters. The highest BCUT2D eigenvalue weighted by atomic mass is 35.5. The number of aromatic nitrogens is 2. The van der Waals surface area contributed by atoms with E-state index in [2.05, 4.69) is 9.59 Å². The Hall–Kier alpha value is -1.33. The fourth-order valence-corrected chi connectivity index (χ4v) is 2.05. The lowest BCUT2D eigenvalue weighted by atomic mass is 10.1. The summed E-state index contributed by atoms with van der Waals surface area (Å²) in [4.78, 5) is 12.4. The number of aryl methyl sites for hydroxylation is 1. The van der Waals surface area contributed by atoms with Crippen LogP contribution in [0.4, 0.5) is 4.39 Å². The highest BCUT2D eigenvalue weighted by Crippen LogP contribution is 2.22. The van der Waals surface area contributed by atoms with Crippen LogP contribution in [0.15, 0.2) is 18.2 Å². The highest BCUT2D eigenvalue weighted by Gasteiger charge is 2.18. The van der Waals surface area contributed by atoms with Crippen LogP contribution in [0.3, 0.4) is 0 Å². The van der Waals surface area contributed by atoms with Crippen LogP contribution < -0.4 is 0 Å². The summed E-state index contributed by atoms with van der Waals surface area (Å²) in [5, 5.41) is 3.95. The number of rotatable bonds is 2. The summed E-state index contributed by atoms with van der Waals surface area (Å²) < 4.78 is 16.7. The zero-order chi connectivity index (χ0) is 11.7. The summed E-state index contributed by atoms with van der Waals surface area (Å²) in [6.45, 7) is 1.67. The van der Waals surface area contributed by atoms with Gasteiger partial charge in [-0.3, -0.25) is 4.79 Å². The van der Waals surface area contributed by atoms with Crippen LogP contribution in [-0.4, -0.2) is 15.4 Å². The number of nitrogens with zero attached hydrogens (tertiary/aromatic N) is 2. The molecule has 0 radical (unpaired) electrons. The topological polar surface area (TPSA) is 42.9 Å². The van der Waals surface area contributed by atoms with Crippen molar-refractivity contribution < 1.29 is 9.18 Å².